The van der Waals surface area contributed by atoms with Gasteiger partial charge in [0.2, 0.25) is 5.91 Å². The summed E-state index contributed by atoms with van der Waals surface area (Å²) in [6.07, 6.45) is 0.703. The molecule has 0 saturated heterocycles. The van der Waals surface area contributed by atoms with Crippen LogP contribution in [-0.4, -0.2) is 38.4 Å². The van der Waals surface area contributed by atoms with Gasteiger partial charge in [0.15, 0.2) is 0 Å². The molecule has 0 radical (unpaired) electrons. The molecule has 1 unspecified atom stereocenters. The number of benzene rings is 2. The van der Waals surface area contributed by atoms with Gasteiger partial charge in [0.05, 0.1) is 41.9 Å². The number of hydrogen-bond donors (Lipinski definition) is 3. The Morgan fingerprint density at radius 2 is 1.83 bits per heavy atom. The van der Waals surface area contributed by atoms with E-state index in [9.17, 15) is 14.7 Å². The Kier molecular flexibility index (Phi) is 8.98. The lowest BCUT2D eigenvalue weighted by molar-refractivity contribution is -0.121. The van der Waals surface area contributed by atoms with Crippen molar-refractivity contribution in [1.29, 1.82) is 0 Å². The zero-order valence-electron chi connectivity index (χ0n) is 20.6. The maximum Gasteiger partial charge on any atom is 0.336 e. The second-order valence-corrected chi connectivity index (χ2v) is 9.48. The fourth-order valence-electron chi connectivity index (χ4n) is 3.94. The van der Waals surface area contributed by atoms with Crippen molar-refractivity contribution in [1.82, 2.24) is 14.9 Å². The number of thiol groups is 1. The van der Waals surface area contributed by atoms with Crippen molar-refractivity contribution in [3.8, 4) is 17.1 Å². The molecule has 1 aromatic heterocycles. The summed E-state index contributed by atoms with van der Waals surface area (Å²) in [6, 6.07) is 15.2. The van der Waals surface area contributed by atoms with E-state index in [-0.39, 0.29) is 16.7 Å². The van der Waals surface area contributed by atoms with E-state index in [1.54, 1.807) is 18.2 Å². The van der Waals surface area contributed by atoms with E-state index in [1.807, 2.05) is 48.7 Å². The molecule has 3 rings (SSSR count). The monoisotopic (exact) mass is 495 g/mol. The van der Waals surface area contributed by atoms with Crippen LogP contribution in [0.3, 0.4) is 0 Å². The zero-order chi connectivity index (χ0) is 25.5. The minimum absolute atomic E-state index is 0.103. The number of hydrogen-bond acceptors (Lipinski definition) is 5. The van der Waals surface area contributed by atoms with Crippen LogP contribution in [-0.2, 0) is 17.9 Å². The molecule has 0 fully saturated rings. The molecule has 8 heteroatoms. The molecule has 186 valence electrons. The number of imidazole rings is 1. The zero-order valence-corrected chi connectivity index (χ0v) is 21.5. The topological polar surface area (TPSA) is 93.5 Å². The van der Waals surface area contributed by atoms with Crippen LogP contribution in [0.1, 0.15) is 54.5 Å². The number of carbonyl (C=O) groups is 2. The van der Waals surface area contributed by atoms with Crippen LogP contribution >= 0.6 is 12.6 Å². The number of carboxylic acid groups (broad SMARTS) is 1. The van der Waals surface area contributed by atoms with Gasteiger partial charge in [0.25, 0.3) is 6.01 Å². The van der Waals surface area contributed by atoms with Gasteiger partial charge in [-0.15, -0.1) is 0 Å². The minimum Gasteiger partial charge on any atom is -0.478 e. The van der Waals surface area contributed by atoms with Gasteiger partial charge in [0.1, 0.15) is 0 Å². The third-order valence-electron chi connectivity index (χ3n) is 5.70. The van der Waals surface area contributed by atoms with Crippen LogP contribution in [0.5, 0.6) is 6.01 Å². The molecule has 1 amide bonds. The van der Waals surface area contributed by atoms with Gasteiger partial charge in [-0.05, 0) is 48.9 Å². The second kappa shape index (κ2) is 11.9. The maximum atomic E-state index is 12.5. The Hall–Kier alpha value is -3.26. The molecule has 0 aliphatic carbocycles. The molecular formula is C27H33N3O4S. The predicted octanol–water partition coefficient (Wildman–Crippen LogP) is 4.96. The molecule has 2 N–H and O–H groups in total. The van der Waals surface area contributed by atoms with Crippen LogP contribution in [0.15, 0.2) is 48.5 Å². The highest BCUT2D eigenvalue weighted by Crippen LogP contribution is 2.26. The largest absolute Gasteiger partial charge is 0.478 e. The lowest BCUT2D eigenvalue weighted by atomic mass is 9.99. The van der Waals surface area contributed by atoms with Crippen LogP contribution in [0.2, 0.25) is 0 Å². The molecule has 2 aromatic carbocycles. The van der Waals surface area contributed by atoms with Gasteiger partial charge in [-0.2, -0.15) is 12.6 Å². The van der Waals surface area contributed by atoms with Crippen LogP contribution < -0.4 is 10.1 Å². The first-order valence-electron chi connectivity index (χ1n) is 11.8. The number of amides is 1. The SMILES string of the molecule is CCOc1nc(C)c(CNC(=O)C(S)CC(C)C)n1Cc1ccc(-c2ccccc2C(=O)O)cc1. The molecule has 0 bridgehead atoms. The number of nitrogens with zero attached hydrogens (tertiary/aromatic N) is 2. The Morgan fingerprint density at radius 3 is 2.46 bits per heavy atom. The van der Waals surface area contributed by atoms with Crippen molar-refractivity contribution in [2.75, 3.05) is 6.61 Å². The van der Waals surface area contributed by atoms with E-state index >= 15 is 0 Å². The Balaban J connectivity index is 1.83. The molecule has 0 aliphatic rings. The standard InChI is InChI=1S/C27H33N3O4S/c1-5-34-27-29-18(4)23(15-28-25(31)24(35)14-17(2)3)30(27)16-19-10-12-20(13-11-19)21-8-6-7-9-22(21)26(32)33/h6-13,17,24,35H,5,14-16H2,1-4H3,(H,28,31)(H,32,33). The second-order valence-electron chi connectivity index (χ2n) is 8.86. The van der Waals surface area contributed by atoms with Crippen molar-refractivity contribution in [2.45, 2.75) is 52.5 Å². The van der Waals surface area contributed by atoms with Gasteiger partial charge in [-0.3, -0.25) is 9.36 Å². The molecular weight excluding hydrogens is 462 g/mol. The average Bonchev–Trinajstić information content (AvgIpc) is 3.11. The molecule has 1 atom stereocenters. The van der Waals surface area contributed by atoms with E-state index in [1.165, 1.54) is 0 Å². The fourth-order valence-corrected chi connectivity index (χ4v) is 4.45. The van der Waals surface area contributed by atoms with E-state index in [0.29, 0.717) is 43.6 Å². The van der Waals surface area contributed by atoms with Crippen molar-refractivity contribution in [3.63, 3.8) is 0 Å². The normalized spacial score (nSPS) is 11.9. The van der Waals surface area contributed by atoms with Crippen molar-refractivity contribution in [3.05, 3.63) is 71.0 Å². The number of nitrogens with one attached hydrogen (secondary N) is 1. The number of aromatic nitrogens is 2. The number of carboxylic acids is 1. The molecule has 0 saturated carbocycles. The molecule has 3 aromatic rings. The van der Waals surface area contributed by atoms with Crippen LogP contribution in [0, 0.1) is 12.8 Å². The van der Waals surface area contributed by atoms with E-state index in [0.717, 1.165) is 22.5 Å². The summed E-state index contributed by atoms with van der Waals surface area (Å²) >= 11 is 4.44. The van der Waals surface area contributed by atoms with E-state index in [2.05, 4.69) is 36.8 Å². The number of aryl methyl sites for hydroxylation is 1. The van der Waals surface area contributed by atoms with Gasteiger partial charge >= 0.3 is 5.97 Å². The smallest absolute Gasteiger partial charge is 0.336 e. The van der Waals surface area contributed by atoms with Gasteiger partial charge in [-0.1, -0.05) is 56.3 Å². The fraction of sp³-hybridized carbons (Fsp3) is 0.370. The van der Waals surface area contributed by atoms with Gasteiger partial charge in [0, 0.05) is 0 Å². The van der Waals surface area contributed by atoms with Gasteiger partial charge < -0.3 is 15.2 Å². The Morgan fingerprint density at radius 1 is 1.14 bits per heavy atom. The first kappa shape index (κ1) is 26.3. The van der Waals surface area contributed by atoms with Crippen molar-refractivity contribution >= 4 is 24.5 Å². The third-order valence-corrected chi connectivity index (χ3v) is 6.15. The number of aromatic carboxylic acids is 1. The quantitative estimate of drug-likeness (QED) is 0.327. The molecule has 35 heavy (non-hydrogen) atoms. The van der Waals surface area contributed by atoms with Crippen molar-refractivity contribution in [2.24, 2.45) is 5.92 Å². The van der Waals surface area contributed by atoms with E-state index in [4.69, 9.17) is 4.74 Å². The number of rotatable bonds is 11. The lowest BCUT2D eigenvalue weighted by Crippen LogP contribution is -2.32. The summed E-state index contributed by atoms with van der Waals surface area (Å²) in [5.74, 6) is -0.678. The van der Waals surface area contributed by atoms with Crippen molar-refractivity contribution < 1.29 is 19.4 Å². The molecule has 7 nitrogen and oxygen atoms in total. The molecule has 0 aliphatic heterocycles. The molecule has 0 spiro atoms. The first-order chi connectivity index (χ1) is 16.7. The summed E-state index contributed by atoms with van der Waals surface area (Å²) in [7, 11) is 0. The highest BCUT2D eigenvalue weighted by molar-refractivity contribution is 7.81. The highest BCUT2D eigenvalue weighted by Gasteiger charge is 2.20. The lowest BCUT2D eigenvalue weighted by Gasteiger charge is -2.16. The van der Waals surface area contributed by atoms with Gasteiger partial charge in [-0.25, -0.2) is 9.78 Å². The molecule has 1 heterocycles. The van der Waals surface area contributed by atoms with Crippen LogP contribution in [0.4, 0.5) is 0 Å². The minimum atomic E-state index is -0.955. The Labute approximate surface area is 211 Å². The summed E-state index contributed by atoms with van der Waals surface area (Å²) in [5.41, 5.74) is 4.43. The van der Waals surface area contributed by atoms with E-state index < -0.39 is 5.97 Å². The predicted molar refractivity (Wildman–Crippen MR) is 140 cm³/mol. The summed E-state index contributed by atoms with van der Waals surface area (Å²) in [6.45, 7) is 9.23. The maximum absolute atomic E-state index is 12.5. The van der Waals surface area contributed by atoms with Crippen LogP contribution in [0.25, 0.3) is 11.1 Å². The Bertz CT molecular complexity index is 1170. The summed E-state index contributed by atoms with van der Waals surface area (Å²) in [5, 5.41) is 12.1. The summed E-state index contributed by atoms with van der Waals surface area (Å²) < 4.78 is 7.74. The summed E-state index contributed by atoms with van der Waals surface area (Å²) in [4.78, 5) is 28.7. The number of ether oxygens (including phenoxy) is 1. The average molecular weight is 496 g/mol. The highest BCUT2D eigenvalue weighted by atomic mass is 32.1. The third kappa shape index (κ3) is 6.66. The first-order valence-corrected chi connectivity index (χ1v) is 12.3. The number of carbonyl (C=O) groups excluding carboxylic acids is 1.